The van der Waals surface area contributed by atoms with E-state index in [2.05, 4.69) is 31.2 Å². The summed E-state index contributed by atoms with van der Waals surface area (Å²) in [4.78, 5) is 14.7. The van der Waals surface area contributed by atoms with Crippen molar-refractivity contribution < 1.29 is 18.0 Å². The van der Waals surface area contributed by atoms with Gasteiger partial charge in [-0.05, 0) is 22.0 Å². The van der Waals surface area contributed by atoms with Gasteiger partial charge in [0.2, 0.25) is 0 Å². The SMILES string of the molecule is O=C(c1cn(-c2cncc(Br)c2)nn1)C(F)(F)F. The highest BCUT2D eigenvalue weighted by Crippen LogP contribution is 2.20. The van der Waals surface area contributed by atoms with E-state index in [0.717, 1.165) is 10.9 Å². The number of hydrogen-bond acceptors (Lipinski definition) is 4. The summed E-state index contributed by atoms with van der Waals surface area (Å²) in [6.45, 7) is 0. The van der Waals surface area contributed by atoms with E-state index in [-0.39, 0.29) is 0 Å². The average molecular weight is 321 g/mol. The van der Waals surface area contributed by atoms with Crippen LogP contribution in [0, 0.1) is 0 Å². The number of alkyl halides is 3. The third kappa shape index (κ3) is 2.55. The van der Waals surface area contributed by atoms with E-state index >= 15 is 0 Å². The molecule has 2 aromatic rings. The first-order chi connectivity index (χ1) is 8.38. The molecule has 5 nitrogen and oxygen atoms in total. The standard InChI is InChI=1S/C9H4BrF3N4O/c10-5-1-6(3-14-2-5)17-4-7(15-16-17)8(18)9(11,12)13/h1-4H. The summed E-state index contributed by atoms with van der Waals surface area (Å²) in [5.74, 6) is -2.03. The van der Waals surface area contributed by atoms with Crippen molar-refractivity contribution in [2.45, 2.75) is 6.18 Å². The molecule has 0 saturated heterocycles. The van der Waals surface area contributed by atoms with Gasteiger partial charge in [0.15, 0.2) is 5.69 Å². The van der Waals surface area contributed by atoms with Gasteiger partial charge in [0.1, 0.15) is 0 Å². The zero-order valence-electron chi connectivity index (χ0n) is 8.52. The van der Waals surface area contributed by atoms with Gasteiger partial charge < -0.3 is 0 Å². The number of nitrogens with zero attached hydrogens (tertiary/aromatic N) is 4. The molecule has 0 aliphatic heterocycles. The van der Waals surface area contributed by atoms with Gasteiger partial charge in [0.25, 0.3) is 5.78 Å². The third-order valence-corrected chi connectivity index (χ3v) is 2.37. The third-order valence-electron chi connectivity index (χ3n) is 1.94. The van der Waals surface area contributed by atoms with Crippen LogP contribution in [-0.2, 0) is 0 Å². The molecule has 0 atom stereocenters. The number of rotatable bonds is 2. The Morgan fingerprint density at radius 3 is 2.67 bits per heavy atom. The Morgan fingerprint density at radius 1 is 1.33 bits per heavy atom. The lowest BCUT2D eigenvalue weighted by Crippen LogP contribution is -2.23. The number of carbonyl (C=O) groups excluding carboxylic acids is 1. The summed E-state index contributed by atoms with van der Waals surface area (Å²) in [6.07, 6.45) is -1.18. The highest BCUT2D eigenvalue weighted by Gasteiger charge is 2.41. The molecule has 0 bridgehead atoms. The molecular weight excluding hydrogens is 317 g/mol. The molecule has 94 valence electrons. The molecule has 0 aromatic carbocycles. The van der Waals surface area contributed by atoms with Crippen LogP contribution in [0.5, 0.6) is 0 Å². The van der Waals surface area contributed by atoms with Crippen molar-refractivity contribution in [1.82, 2.24) is 20.0 Å². The maximum atomic E-state index is 12.2. The lowest BCUT2D eigenvalue weighted by molar-refractivity contribution is -0.0888. The second-order valence-electron chi connectivity index (χ2n) is 3.24. The molecule has 2 aromatic heterocycles. The minimum Gasteiger partial charge on any atom is -0.282 e. The molecule has 0 aliphatic rings. The van der Waals surface area contributed by atoms with Crippen molar-refractivity contribution in [3.8, 4) is 5.69 Å². The van der Waals surface area contributed by atoms with Crippen molar-refractivity contribution >= 4 is 21.7 Å². The zero-order chi connectivity index (χ0) is 13.3. The van der Waals surface area contributed by atoms with Crippen LogP contribution in [0.15, 0.2) is 29.1 Å². The quantitative estimate of drug-likeness (QED) is 0.796. The van der Waals surface area contributed by atoms with Crippen molar-refractivity contribution in [1.29, 1.82) is 0 Å². The molecule has 0 saturated carbocycles. The smallest absolute Gasteiger partial charge is 0.282 e. The van der Waals surface area contributed by atoms with Crippen LogP contribution in [0.2, 0.25) is 0 Å². The first kappa shape index (κ1) is 12.7. The summed E-state index contributed by atoms with van der Waals surface area (Å²) >= 11 is 3.16. The predicted molar refractivity (Wildman–Crippen MR) is 57.2 cm³/mol. The van der Waals surface area contributed by atoms with E-state index in [1.807, 2.05) is 0 Å². The van der Waals surface area contributed by atoms with Crippen LogP contribution >= 0.6 is 15.9 Å². The molecule has 0 radical (unpaired) electrons. The molecule has 0 N–H and O–H groups in total. The molecule has 9 heteroatoms. The Morgan fingerprint density at radius 2 is 2.06 bits per heavy atom. The lowest BCUT2D eigenvalue weighted by Gasteiger charge is -2.00. The highest BCUT2D eigenvalue weighted by atomic mass is 79.9. The van der Waals surface area contributed by atoms with Crippen LogP contribution in [-0.4, -0.2) is 31.9 Å². The van der Waals surface area contributed by atoms with Gasteiger partial charge in [-0.25, -0.2) is 4.68 Å². The highest BCUT2D eigenvalue weighted by molar-refractivity contribution is 9.10. The lowest BCUT2D eigenvalue weighted by atomic mass is 10.3. The first-order valence-electron chi connectivity index (χ1n) is 4.53. The van der Waals surface area contributed by atoms with Crippen molar-refractivity contribution in [3.05, 3.63) is 34.8 Å². The molecule has 0 unspecified atom stereocenters. The molecule has 0 fully saturated rings. The Kier molecular flexibility index (Phi) is 3.16. The van der Waals surface area contributed by atoms with Crippen molar-refractivity contribution in [2.24, 2.45) is 0 Å². The van der Waals surface area contributed by atoms with Crippen LogP contribution in [0.3, 0.4) is 0 Å². The summed E-state index contributed by atoms with van der Waals surface area (Å²) in [6, 6.07) is 1.57. The first-order valence-corrected chi connectivity index (χ1v) is 5.32. The Labute approximate surface area is 107 Å². The van der Waals surface area contributed by atoms with Crippen LogP contribution in [0.4, 0.5) is 13.2 Å². The molecular formula is C9H4BrF3N4O. The number of Topliss-reactive ketones (excluding diaryl/α,β-unsaturated/α-hetero) is 1. The fourth-order valence-electron chi connectivity index (χ4n) is 1.17. The molecule has 2 rings (SSSR count). The van der Waals surface area contributed by atoms with E-state index < -0.39 is 17.7 Å². The maximum Gasteiger partial charge on any atom is 0.456 e. The minimum atomic E-state index is -4.96. The van der Waals surface area contributed by atoms with Crippen LogP contribution in [0.25, 0.3) is 5.69 Å². The van der Waals surface area contributed by atoms with E-state index in [1.54, 1.807) is 6.07 Å². The van der Waals surface area contributed by atoms with E-state index in [9.17, 15) is 18.0 Å². The van der Waals surface area contributed by atoms with Gasteiger partial charge in [-0.2, -0.15) is 13.2 Å². The fourth-order valence-corrected chi connectivity index (χ4v) is 1.52. The summed E-state index contributed by atoms with van der Waals surface area (Å²) in [5, 5.41) is 6.64. The van der Waals surface area contributed by atoms with Crippen molar-refractivity contribution in [2.75, 3.05) is 0 Å². The molecule has 18 heavy (non-hydrogen) atoms. The fraction of sp³-hybridized carbons (Fsp3) is 0.111. The second kappa shape index (κ2) is 4.48. The summed E-state index contributed by atoms with van der Waals surface area (Å²) in [5.41, 5.74) is -0.374. The minimum absolute atomic E-state index is 0.387. The number of pyridine rings is 1. The van der Waals surface area contributed by atoms with Gasteiger partial charge in [-0.15, -0.1) is 5.10 Å². The van der Waals surface area contributed by atoms with Crippen LogP contribution < -0.4 is 0 Å². The molecule has 2 heterocycles. The van der Waals surface area contributed by atoms with Crippen LogP contribution in [0.1, 0.15) is 10.5 Å². The number of aromatic nitrogens is 4. The summed E-state index contributed by atoms with van der Waals surface area (Å²) < 4.78 is 38.2. The Balaban J connectivity index is 2.34. The molecule has 0 spiro atoms. The number of halogens is 4. The van der Waals surface area contributed by atoms with Gasteiger partial charge in [-0.1, -0.05) is 5.21 Å². The number of hydrogen-bond donors (Lipinski definition) is 0. The van der Waals surface area contributed by atoms with E-state index in [0.29, 0.717) is 10.2 Å². The number of ketones is 1. The molecule has 0 aliphatic carbocycles. The van der Waals surface area contributed by atoms with E-state index in [1.165, 1.54) is 12.4 Å². The maximum absolute atomic E-state index is 12.2. The van der Waals surface area contributed by atoms with Gasteiger partial charge in [0.05, 0.1) is 18.1 Å². The topological polar surface area (TPSA) is 60.7 Å². The predicted octanol–water partition coefficient (Wildman–Crippen LogP) is 2.17. The molecule has 0 amide bonds. The van der Waals surface area contributed by atoms with Gasteiger partial charge >= 0.3 is 6.18 Å². The van der Waals surface area contributed by atoms with Gasteiger partial charge in [0, 0.05) is 10.7 Å². The number of carbonyl (C=O) groups is 1. The zero-order valence-corrected chi connectivity index (χ0v) is 10.1. The van der Waals surface area contributed by atoms with Gasteiger partial charge in [-0.3, -0.25) is 9.78 Å². The Bertz CT molecular complexity index is 595. The summed E-state index contributed by atoms with van der Waals surface area (Å²) in [7, 11) is 0. The average Bonchev–Trinajstić information content (AvgIpc) is 2.75. The second-order valence-corrected chi connectivity index (χ2v) is 4.15. The Hall–Kier alpha value is -1.77. The monoisotopic (exact) mass is 320 g/mol. The van der Waals surface area contributed by atoms with Crippen molar-refractivity contribution in [3.63, 3.8) is 0 Å². The largest absolute Gasteiger partial charge is 0.456 e. The normalized spacial score (nSPS) is 11.6. The van der Waals surface area contributed by atoms with E-state index in [4.69, 9.17) is 0 Å².